The molecule has 0 unspecified atom stereocenters. The second-order valence-corrected chi connectivity index (χ2v) is 6.84. The van der Waals surface area contributed by atoms with E-state index >= 15 is 0 Å². The number of halogens is 2. The highest BCUT2D eigenvalue weighted by Crippen LogP contribution is 2.33. The third kappa shape index (κ3) is 3.80. The molecule has 1 heterocycles. The molecular weight excluding hydrogens is 359 g/mol. The third-order valence-corrected chi connectivity index (χ3v) is 4.91. The molecule has 4 nitrogen and oxygen atoms in total. The van der Waals surface area contributed by atoms with Gasteiger partial charge in [-0.3, -0.25) is 9.59 Å². The van der Waals surface area contributed by atoms with Crippen molar-refractivity contribution in [2.75, 3.05) is 16.8 Å². The van der Waals surface area contributed by atoms with Gasteiger partial charge in [0.25, 0.3) is 0 Å². The van der Waals surface area contributed by atoms with Gasteiger partial charge in [0.1, 0.15) is 0 Å². The van der Waals surface area contributed by atoms with E-state index in [1.165, 1.54) is 4.90 Å². The van der Waals surface area contributed by atoms with Crippen LogP contribution < -0.4 is 10.2 Å². The second kappa shape index (κ2) is 7.46. The van der Waals surface area contributed by atoms with E-state index in [-0.39, 0.29) is 18.2 Å². The minimum atomic E-state index is -0.424. The number of hydrogen-bond donors (Lipinski definition) is 1. The normalized spacial score (nSPS) is 17.0. The lowest BCUT2D eigenvalue weighted by atomic mass is 10.1. The van der Waals surface area contributed by atoms with Crippen molar-refractivity contribution in [1.29, 1.82) is 0 Å². The van der Waals surface area contributed by atoms with Crippen molar-refractivity contribution in [2.45, 2.75) is 19.8 Å². The second-order valence-electron chi connectivity index (χ2n) is 6.00. The fraction of sp³-hybridized carbons (Fsp3) is 0.263. The number of rotatable bonds is 4. The average molecular weight is 377 g/mol. The van der Waals surface area contributed by atoms with Gasteiger partial charge in [-0.2, -0.15) is 0 Å². The number of benzene rings is 2. The van der Waals surface area contributed by atoms with E-state index in [0.29, 0.717) is 22.3 Å². The van der Waals surface area contributed by atoms with Crippen molar-refractivity contribution in [3.8, 4) is 0 Å². The molecule has 0 spiro atoms. The summed E-state index contributed by atoms with van der Waals surface area (Å²) in [6.45, 7) is 2.33. The molecule has 2 aromatic rings. The Bertz CT molecular complexity index is 823. The molecule has 1 saturated heterocycles. The Morgan fingerprint density at radius 2 is 2.00 bits per heavy atom. The molecule has 1 aliphatic rings. The molecule has 0 bridgehead atoms. The van der Waals surface area contributed by atoms with Gasteiger partial charge in [0.15, 0.2) is 0 Å². The maximum atomic E-state index is 12.6. The SMILES string of the molecule is CCc1ccccc1NC(=O)[C@H]1CC(=O)N(c2cc(Cl)ccc2Cl)C1. The van der Waals surface area contributed by atoms with Gasteiger partial charge in [0.2, 0.25) is 11.8 Å². The lowest BCUT2D eigenvalue weighted by molar-refractivity contribution is -0.122. The van der Waals surface area contributed by atoms with Crippen molar-refractivity contribution in [2.24, 2.45) is 5.92 Å². The first kappa shape index (κ1) is 17.8. The minimum absolute atomic E-state index is 0.131. The number of aryl methyl sites for hydroxylation is 1. The van der Waals surface area contributed by atoms with Crippen LogP contribution in [0.4, 0.5) is 11.4 Å². The fourth-order valence-corrected chi connectivity index (χ4v) is 3.38. The molecule has 0 aromatic heterocycles. The van der Waals surface area contributed by atoms with E-state index in [1.807, 2.05) is 31.2 Å². The number of nitrogens with one attached hydrogen (secondary N) is 1. The van der Waals surface area contributed by atoms with E-state index in [2.05, 4.69) is 5.32 Å². The quantitative estimate of drug-likeness (QED) is 0.850. The smallest absolute Gasteiger partial charge is 0.229 e. The number of para-hydroxylation sites is 1. The molecule has 25 heavy (non-hydrogen) atoms. The van der Waals surface area contributed by atoms with Gasteiger partial charge in [0.05, 0.1) is 16.6 Å². The van der Waals surface area contributed by atoms with E-state index < -0.39 is 5.92 Å². The number of carbonyl (C=O) groups is 2. The standard InChI is InChI=1S/C19H18Cl2N2O2/c1-2-12-5-3-4-6-16(12)22-19(25)13-9-18(24)23(11-13)17-10-14(20)7-8-15(17)21/h3-8,10,13H,2,9,11H2,1H3,(H,22,25)/t13-/m0/s1. The molecule has 0 aliphatic carbocycles. The molecule has 6 heteroatoms. The number of anilines is 2. The highest BCUT2D eigenvalue weighted by molar-refractivity contribution is 6.36. The van der Waals surface area contributed by atoms with Crippen LogP contribution in [0.3, 0.4) is 0 Å². The van der Waals surface area contributed by atoms with Crippen LogP contribution >= 0.6 is 23.2 Å². The topological polar surface area (TPSA) is 49.4 Å². The zero-order valence-corrected chi connectivity index (χ0v) is 15.3. The molecule has 2 amide bonds. The highest BCUT2D eigenvalue weighted by Gasteiger charge is 2.36. The highest BCUT2D eigenvalue weighted by atomic mass is 35.5. The Hall–Kier alpha value is -2.04. The molecule has 1 aliphatic heterocycles. The molecule has 0 radical (unpaired) electrons. The molecular formula is C19H18Cl2N2O2. The van der Waals surface area contributed by atoms with E-state index in [9.17, 15) is 9.59 Å². The summed E-state index contributed by atoms with van der Waals surface area (Å²) in [7, 11) is 0. The van der Waals surface area contributed by atoms with Crippen LogP contribution in [-0.2, 0) is 16.0 Å². The first-order valence-corrected chi connectivity index (χ1v) is 8.89. The first-order chi connectivity index (χ1) is 12.0. The van der Waals surface area contributed by atoms with Crippen molar-refractivity contribution in [1.82, 2.24) is 0 Å². The molecule has 3 rings (SSSR count). The van der Waals surface area contributed by atoms with Gasteiger partial charge in [0, 0.05) is 23.7 Å². The Balaban J connectivity index is 1.76. The monoisotopic (exact) mass is 376 g/mol. The number of amides is 2. The van der Waals surface area contributed by atoms with Crippen LogP contribution in [0.1, 0.15) is 18.9 Å². The van der Waals surface area contributed by atoms with E-state index in [4.69, 9.17) is 23.2 Å². The summed E-state index contributed by atoms with van der Waals surface area (Å²) in [6.07, 6.45) is 0.979. The minimum Gasteiger partial charge on any atom is -0.326 e. The molecule has 1 atom stereocenters. The van der Waals surface area contributed by atoms with Crippen molar-refractivity contribution in [3.05, 3.63) is 58.1 Å². The van der Waals surface area contributed by atoms with Crippen molar-refractivity contribution >= 4 is 46.4 Å². The summed E-state index contributed by atoms with van der Waals surface area (Å²) in [6, 6.07) is 12.6. The number of nitrogens with zero attached hydrogens (tertiary/aromatic N) is 1. The van der Waals surface area contributed by atoms with Gasteiger partial charge < -0.3 is 10.2 Å². The van der Waals surface area contributed by atoms with Crippen molar-refractivity contribution < 1.29 is 9.59 Å². The molecule has 2 aromatic carbocycles. The predicted molar refractivity (Wildman–Crippen MR) is 101 cm³/mol. The molecule has 0 saturated carbocycles. The van der Waals surface area contributed by atoms with Crippen LogP contribution in [0, 0.1) is 5.92 Å². The largest absolute Gasteiger partial charge is 0.326 e. The van der Waals surface area contributed by atoms with E-state index in [1.54, 1.807) is 18.2 Å². The zero-order valence-electron chi connectivity index (χ0n) is 13.8. The Morgan fingerprint density at radius 1 is 1.24 bits per heavy atom. The van der Waals surface area contributed by atoms with Crippen LogP contribution in [0.5, 0.6) is 0 Å². The van der Waals surface area contributed by atoms with Crippen LogP contribution in [0.2, 0.25) is 10.0 Å². The van der Waals surface area contributed by atoms with Gasteiger partial charge in [-0.05, 0) is 36.2 Å². The summed E-state index contributed by atoms with van der Waals surface area (Å²) >= 11 is 12.2. The van der Waals surface area contributed by atoms with Gasteiger partial charge in [-0.15, -0.1) is 0 Å². The number of hydrogen-bond acceptors (Lipinski definition) is 2. The van der Waals surface area contributed by atoms with Crippen LogP contribution in [0.25, 0.3) is 0 Å². The predicted octanol–water partition coefficient (Wildman–Crippen LogP) is 4.55. The first-order valence-electron chi connectivity index (χ1n) is 8.13. The summed E-state index contributed by atoms with van der Waals surface area (Å²) in [5.74, 6) is -0.713. The Kier molecular flexibility index (Phi) is 5.30. The maximum absolute atomic E-state index is 12.6. The zero-order chi connectivity index (χ0) is 18.0. The van der Waals surface area contributed by atoms with Gasteiger partial charge >= 0.3 is 0 Å². The fourth-order valence-electron chi connectivity index (χ4n) is 2.99. The summed E-state index contributed by atoms with van der Waals surface area (Å²) in [5.41, 5.74) is 2.40. The third-order valence-electron chi connectivity index (χ3n) is 4.35. The van der Waals surface area contributed by atoms with Crippen LogP contribution in [0.15, 0.2) is 42.5 Å². The van der Waals surface area contributed by atoms with Gasteiger partial charge in [-0.1, -0.05) is 48.3 Å². The van der Waals surface area contributed by atoms with Crippen LogP contribution in [-0.4, -0.2) is 18.4 Å². The molecule has 130 valence electrons. The lowest BCUT2D eigenvalue weighted by Gasteiger charge is -2.18. The van der Waals surface area contributed by atoms with E-state index in [0.717, 1.165) is 17.7 Å². The Morgan fingerprint density at radius 3 is 2.76 bits per heavy atom. The Labute approximate surface area is 156 Å². The molecule has 1 fully saturated rings. The molecule has 1 N–H and O–H groups in total. The van der Waals surface area contributed by atoms with Gasteiger partial charge in [-0.25, -0.2) is 0 Å². The number of carbonyl (C=O) groups excluding carboxylic acids is 2. The summed E-state index contributed by atoms with van der Waals surface area (Å²) < 4.78 is 0. The lowest BCUT2D eigenvalue weighted by Crippen LogP contribution is -2.28. The summed E-state index contributed by atoms with van der Waals surface area (Å²) in [5, 5.41) is 3.88. The average Bonchev–Trinajstić information content (AvgIpc) is 2.99. The van der Waals surface area contributed by atoms with Crippen molar-refractivity contribution in [3.63, 3.8) is 0 Å². The maximum Gasteiger partial charge on any atom is 0.229 e. The summed E-state index contributed by atoms with van der Waals surface area (Å²) in [4.78, 5) is 26.5.